The molecule has 2 aromatic carbocycles. The largest absolute Gasteiger partial charge is 0.310 e. The van der Waals surface area contributed by atoms with Crippen molar-refractivity contribution in [1.82, 2.24) is 5.32 Å². The van der Waals surface area contributed by atoms with Crippen LogP contribution in [0, 0.1) is 0 Å². The van der Waals surface area contributed by atoms with Crippen molar-refractivity contribution in [3.63, 3.8) is 0 Å². The summed E-state index contributed by atoms with van der Waals surface area (Å²) in [5.74, 6) is 0. The SMILES string of the molecule is CC(C)NCc1cccc(-c2c(Cl)cc(Cl)c(Cl)c2Cl)c1. The molecule has 0 aliphatic heterocycles. The van der Waals surface area contributed by atoms with Gasteiger partial charge in [-0.05, 0) is 23.3 Å². The lowest BCUT2D eigenvalue weighted by atomic mass is 10.0. The van der Waals surface area contributed by atoms with Crippen LogP contribution < -0.4 is 5.32 Å². The average molecular weight is 363 g/mol. The number of rotatable bonds is 4. The highest BCUT2D eigenvalue weighted by Crippen LogP contribution is 2.43. The van der Waals surface area contributed by atoms with Crippen molar-refractivity contribution in [2.45, 2.75) is 26.4 Å². The molecular formula is C16H15Cl4N. The fourth-order valence-electron chi connectivity index (χ4n) is 1.99. The van der Waals surface area contributed by atoms with Crippen LogP contribution in [0.1, 0.15) is 19.4 Å². The predicted octanol–water partition coefficient (Wildman–Crippen LogP) is 6.47. The third-order valence-corrected chi connectivity index (χ3v) is 4.60. The summed E-state index contributed by atoms with van der Waals surface area (Å²) in [4.78, 5) is 0. The molecule has 0 saturated heterocycles. The first-order valence-corrected chi connectivity index (χ1v) is 8.07. The summed E-state index contributed by atoms with van der Waals surface area (Å²) < 4.78 is 0. The van der Waals surface area contributed by atoms with Crippen molar-refractivity contribution >= 4 is 46.4 Å². The van der Waals surface area contributed by atoms with Gasteiger partial charge in [-0.2, -0.15) is 0 Å². The lowest BCUT2D eigenvalue weighted by Crippen LogP contribution is -2.21. The van der Waals surface area contributed by atoms with E-state index in [-0.39, 0.29) is 0 Å². The molecule has 0 fully saturated rings. The first-order valence-electron chi connectivity index (χ1n) is 6.56. The molecule has 0 aromatic heterocycles. The maximum atomic E-state index is 6.30. The van der Waals surface area contributed by atoms with Crippen molar-refractivity contribution in [1.29, 1.82) is 0 Å². The number of benzene rings is 2. The smallest absolute Gasteiger partial charge is 0.0785 e. The van der Waals surface area contributed by atoms with Crippen molar-refractivity contribution < 1.29 is 0 Å². The Labute approximate surface area is 145 Å². The van der Waals surface area contributed by atoms with E-state index in [1.807, 2.05) is 18.2 Å². The van der Waals surface area contributed by atoms with E-state index in [0.717, 1.165) is 17.7 Å². The highest BCUT2D eigenvalue weighted by molar-refractivity contribution is 6.51. The molecule has 2 rings (SSSR count). The van der Waals surface area contributed by atoms with Crippen LogP contribution in [0.2, 0.25) is 20.1 Å². The Morgan fingerprint density at radius 3 is 2.33 bits per heavy atom. The second-order valence-corrected chi connectivity index (χ2v) is 6.65. The lowest BCUT2D eigenvalue weighted by molar-refractivity contribution is 0.589. The maximum absolute atomic E-state index is 6.30. The summed E-state index contributed by atoms with van der Waals surface area (Å²) in [5.41, 5.74) is 2.78. The molecule has 0 unspecified atom stereocenters. The van der Waals surface area contributed by atoms with Gasteiger partial charge in [0, 0.05) is 18.2 Å². The molecule has 0 bridgehead atoms. The molecule has 0 heterocycles. The van der Waals surface area contributed by atoms with E-state index < -0.39 is 0 Å². The Hall–Kier alpha value is -0.440. The maximum Gasteiger partial charge on any atom is 0.0785 e. The van der Waals surface area contributed by atoms with Gasteiger partial charge in [-0.3, -0.25) is 0 Å². The third-order valence-electron chi connectivity index (χ3n) is 3.04. The Bertz CT molecular complexity index is 653. The molecular weight excluding hydrogens is 348 g/mol. The molecule has 0 aliphatic carbocycles. The molecule has 0 atom stereocenters. The summed E-state index contributed by atoms with van der Waals surface area (Å²) in [6.45, 7) is 5.00. The van der Waals surface area contributed by atoms with Crippen LogP contribution in [0.25, 0.3) is 11.1 Å². The quantitative estimate of drug-likeness (QED) is 0.485. The van der Waals surface area contributed by atoms with Crippen LogP contribution in [0.5, 0.6) is 0 Å². The zero-order valence-electron chi connectivity index (χ0n) is 11.7. The van der Waals surface area contributed by atoms with Crippen LogP contribution in [0.4, 0.5) is 0 Å². The second kappa shape index (κ2) is 7.21. The fourth-order valence-corrected chi connectivity index (χ4v) is 3.12. The van der Waals surface area contributed by atoms with Crippen LogP contribution in [-0.4, -0.2) is 6.04 Å². The molecule has 2 aromatic rings. The van der Waals surface area contributed by atoms with Gasteiger partial charge < -0.3 is 5.32 Å². The molecule has 0 amide bonds. The summed E-state index contributed by atoms with van der Waals surface area (Å²) in [5, 5.41) is 4.92. The molecule has 5 heteroatoms. The minimum Gasteiger partial charge on any atom is -0.310 e. The van der Waals surface area contributed by atoms with Gasteiger partial charge in [0.1, 0.15) is 0 Å². The topological polar surface area (TPSA) is 12.0 Å². The monoisotopic (exact) mass is 361 g/mol. The minimum atomic E-state index is 0.323. The van der Waals surface area contributed by atoms with Crippen molar-refractivity contribution in [2.24, 2.45) is 0 Å². The van der Waals surface area contributed by atoms with Crippen LogP contribution >= 0.6 is 46.4 Å². The van der Waals surface area contributed by atoms with E-state index in [1.54, 1.807) is 6.07 Å². The van der Waals surface area contributed by atoms with Crippen LogP contribution in [0.15, 0.2) is 30.3 Å². The summed E-state index contributed by atoms with van der Waals surface area (Å²) in [7, 11) is 0. The molecule has 0 aliphatic rings. The lowest BCUT2D eigenvalue weighted by Gasteiger charge is -2.13. The Balaban J connectivity index is 2.43. The molecule has 21 heavy (non-hydrogen) atoms. The van der Waals surface area contributed by atoms with Gasteiger partial charge in [-0.25, -0.2) is 0 Å². The number of halogens is 4. The zero-order valence-corrected chi connectivity index (χ0v) is 14.7. The first kappa shape index (κ1) is 16.9. The van der Waals surface area contributed by atoms with E-state index in [1.165, 1.54) is 0 Å². The standard InChI is InChI=1S/C16H15Cl4N/c1-9(2)21-8-10-4-3-5-11(6-10)14-12(17)7-13(18)15(19)16(14)20/h3-7,9,21H,8H2,1-2H3. The second-order valence-electron chi connectivity index (χ2n) is 5.08. The van der Waals surface area contributed by atoms with Crippen LogP contribution in [0.3, 0.4) is 0 Å². The van der Waals surface area contributed by atoms with Gasteiger partial charge in [0.15, 0.2) is 0 Å². The highest BCUT2D eigenvalue weighted by atomic mass is 35.5. The summed E-state index contributed by atoms with van der Waals surface area (Å²) in [6, 6.07) is 10.1. The van der Waals surface area contributed by atoms with E-state index in [2.05, 4.69) is 25.2 Å². The van der Waals surface area contributed by atoms with Crippen molar-refractivity contribution in [3.8, 4) is 11.1 Å². The van der Waals surface area contributed by atoms with Gasteiger partial charge in [0.05, 0.1) is 20.1 Å². The van der Waals surface area contributed by atoms with Crippen LogP contribution in [-0.2, 0) is 6.54 Å². The average Bonchev–Trinajstić information content (AvgIpc) is 2.43. The van der Waals surface area contributed by atoms with Crippen molar-refractivity contribution in [2.75, 3.05) is 0 Å². The number of nitrogens with one attached hydrogen (secondary N) is 1. The Morgan fingerprint density at radius 1 is 0.952 bits per heavy atom. The van der Waals surface area contributed by atoms with E-state index in [4.69, 9.17) is 46.4 Å². The Morgan fingerprint density at radius 2 is 1.67 bits per heavy atom. The summed E-state index contributed by atoms with van der Waals surface area (Å²) in [6.07, 6.45) is 0. The molecule has 1 N–H and O–H groups in total. The van der Waals surface area contributed by atoms with Gasteiger partial charge in [-0.15, -0.1) is 0 Å². The highest BCUT2D eigenvalue weighted by Gasteiger charge is 2.15. The van der Waals surface area contributed by atoms with Gasteiger partial charge in [-0.1, -0.05) is 78.5 Å². The fraction of sp³-hybridized carbons (Fsp3) is 0.250. The van der Waals surface area contributed by atoms with E-state index >= 15 is 0 Å². The third kappa shape index (κ3) is 4.06. The normalized spacial score (nSPS) is 11.2. The van der Waals surface area contributed by atoms with E-state index in [0.29, 0.717) is 31.7 Å². The molecule has 0 radical (unpaired) electrons. The summed E-state index contributed by atoms with van der Waals surface area (Å²) >= 11 is 24.7. The molecule has 0 spiro atoms. The first-order chi connectivity index (χ1) is 9.90. The minimum absolute atomic E-state index is 0.323. The zero-order chi connectivity index (χ0) is 15.6. The van der Waals surface area contributed by atoms with E-state index in [9.17, 15) is 0 Å². The number of hydrogen-bond donors (Lipinski definition) is 1. The molecule has 1 nitrogen and oxygen atoms in total. The molecule has 112 valence electrons. The van der Waals surface area contributed by atoms with Gasteiger partial charge in [0.25, 0.3) is 0 Å². The molecule has 0 saturated carbocycles. The van der Waals surface area contributed by atoms with Gasteiger partial charge >= 0.3 is 0 Å². The Kier molecular flexibility index (Phi) is 5.81. The predicted molar refractivity (Wildman–Crippen MR) is 93.9 cm³/mol. The number of hydrogen-bond acceptors (Lipinski definition) is 1. The van der Waals surface area contributed by atoms with Gasteiger partial charge in [0.2, 0.25) is 0 Å². The van der Waals surface area contributed by atoms with Crippen molar-refractivity contribution in [3.05, 3.63) is 56.0 Å².